The average Bonchev–Trinajstić information content (AvgIpc) is 3.82. The summed E-state index contributed by atoms with van der Waals surface area (Å²) in [7, 11) is 0. The number of hydrogen-bond donors (Lipinski definition) is 0. The van der Waals surface area contributed by atoms with Crippen LogP contribution in [0.1, 0.15) is 182 Å². The first-order chi connectivity index (χ1) is 26.8. The van der Waals surface area contributed by atoms with Crippen LogP contribution in [0.15, 0.2) is 124 Å². The van der Waals surface area contributed by atoms with E-state index in [1.165, 1.54) is 33.9 Å². The van der Waals surface area contributed by atoms with E-state index in [4.69, 9.17) is 9.05 Å². The van der Waals surface area contributed by atoms with E-state index in [2.05, 4.69) is 180 Å². The molecule has 58 heavy (non-hydrogen) atoms. The molecule has 0 aliphatic heterocycles. The van der Waals surface area contributed by atoms with Gasteiger partial charge in [0.2, 0.25) is 0 Å². The zero-order chi connectivity index (χ0) is 43.1. The first-order valence-electron chi connectivity index (χ1n) is 20.6. The van der Waals surface area contributed by atoms with E-state index in [0.717, 1.165) is 28.5 Å². The Bertz CT molecular complexity index is 1800. The predicted molar refractivity (Wildman–Crippen MR) is 249 cm³/mol. The Balaban J connectivity index is 0.000000670. The lowest BCUT2D eigenvalue weighted by molar-refractivity contribution is 0.387. The van der Waals surface area contributed by atoms with Crippen LogP contribution in [-0.2, 0) is 0 Å². The molecule has 2 aromatic heterocycles. The van der Waals surface area contributed by atoms with E-state index in [1.54, 1.807) is 12.1 Å². The van der Waals surface area contributed by atoms with Gasteiger partial charge in [0.15, 0.2) is 0 Å². The van der Waals surface area contributed by atoms with Crippen LogP contribution in [-0.4, -0.2) is 10.3 Å². The van der Waals surface area contributed by atoms with Crippen molar-refractivity contribution >= 4 is 0 Å². The highest BCUT2D eigenvalue weighted by atomic mass is 19.1. The van der Waals surface area contributed by atoms with Gasteiger partial charge in [-0.05, 0) is 97.6 Å². The summed E-state index contributed by atoms with van der Waals surface area (Å²) < 4.78 is 22.3. The Labute approximate surface area is 353 Å². The minimum Gasteiger partial charge on any atom is -0.361 e. The quantitative estimate of drug-likeness (QED) is 0.169. The lowest BCUT2D eigenvalue weighted by Gasteiger charge is -2.04. The number of nitrogens with zero attached hydrogens (tertiary/aromatic N) is 2. The highest BCUT2D eigenvalue weighted by molar-refractivity contribution is 5.25. The van der Waals surface area contributed by atoms with Crippen molar-refractivity contribution in [3.8, 4) is 0 Å². The molecule has 6 rings (SSSR count). The molecule has 6 aromatic rings. The molecule has 0 radical (unpaired) electrons. The Hall–Kier alpha value is -4.77. The van der Waals surface area contributed by atoms with E-state index in [0.29, 0.717) is 35.5 Å². The number of benzene rings is 4. The maximum atomic E-state index is 12.5. The van der Waals surface area contributed by atoms with Crippen LogP contribution in [0.3, 0.4) is 0 Å². The second-order valence-corrected chi connectivity index (χ2v) is 16.4. The van der Waals surface area contributed by atoms with Gasteiger partial charge in [0.1, 0.15) is 17.3 Å². The Morgan fingerprint density at radius 3 is 1.03 bits per heavy atom. The molecule has 0 amide bonds. The number of aryl methyl sites for hydroxylation is 4. The van der Waals surface area contributed by atoms with Gasteiger partial charge >= 0.3 is 0 Å². The van der Waals surface area contributed by atoms with Crippen molar-refractivity contribution in [2.24, 2.45) is 0 Å². The third kappa shape index (κ3) is 22.8. The van der Waals surface area contributed by atoms with Crippen molar-refractivity contribution in [3.63, 3.8) is 0 Å². The third-order valence-electron chi connectivity index (χ3n) is 8.91. The highest BCUT2D eigenvalue weighted by Crippen LogP contribution is 2.17. The number of hydrogen-bond acceptors (Lipinski definition) is 4. The molecule has 0 saturated carbocycles. The maximum absolute atomic E-state index is 12.5. The number of rotatable bonds is 6. The van der Waals surface area contributed by atoms with Gasteiger partial charge in [-0.3, -0.25) is 0 Å². The molecule has 0 aliphatic rings. The van der Waals surface area contributed by atoms with Gasteiger partial charge in [0.25, 0.3) is 0 Å². The summed E-state index contributed by atoms with van der Waals surface area (Å²) in [6, 6.07) is 38.5. The summed E-state index contributed by atoms with van der Waals surface area (Å²) in [6.45, 7) is 33.8. The molecule has 0 saturated heterocycles. The molecule has 5 heteroatoms. The normalized spacial score (nSPS) is 10.3. The van der Waals surface area contributed by atoms with Crippen LogP contribution in [0.2, 0.25) is 0 Å². The van der Waals surface area contributed by atoms with Crippen molar-refractivity contribution in [2.75, 3.05) is 0 Å². The SMILES string of the molecule is C.CC(C)c1cccc(F)c1.CC(C)c1ccccc1.Cc1cc(C(C)C)no1.Cc1cc(C(C)C)no1.Cc1ccc(C(C)C)cc1.Cc1cccc(C(C)C)c1. The molecule has 0 atom stereocenters. The molecule has 0 spiro atoms. The number of aromatic nitrogens is 2. The molecular weight excluding hydrogens is 716 g/mol. The summed E-state index contributed by atoms with van der Waals surface area (Å²) in [6.07, 6.45) is 0. The zero-order valence-electron chi connectivity index (χ0n) is 38.0. The van der Waals surface area contributed by atoms with Gasteiger partial charge in [-0.15, -0.1) is 0 Å². The summed E-state index contributed by atoms with van der Waals surface area (Å²) in [5, 5.41) is 7.68. The fourth-order valence-electron chi connectivity index (χ4n) is 5.00. The van der Waals surface area contributed by atoms with Crippen molar-refractivity contribution in [2.45, 2.75) is 154 Å². The lowest BCUT2D eigenvalue weighted by Crippen LogP contribution is -1.86. The fourth-order valence-corrected chi connectivity index (χ4v) is 5.00. The average molecular weight is 793 g/mol. The summed E-state index contributed by atoms with van der Waals surface area (Å²) in [5.41, 5.74) is 10.1. The van der Waals surface area contributed by atoms with Crippen LogP contribution >= 0.6 is 0 Å². The summed E-state index contributed by atoms with van der Waals surface area (Å²) in [5.74, 6) is 4.95. The fraction of sp³-hybridized carbons (Fsp3) is 0.434. The van der Waals surface area contributed by atoms with Crippen LogP contribution in [0.4, 0.5) is 4.39 Å². The minimum atomic E-state index is -0.147. The first-order valence-corrected chi connectivity index (χ1v) is 20.6. The predicted octanol–water partition coefficient (Wildman–Crippen LogP) is 16.8. The molecule has 4 nitrogen and oxygen atoms in total. The van der Waals surface area contributed by atoms with E-state index in [9.17, 15) is 4.39 Å². The first kappa shape index (κ1) is 53.2. The summed E-state index contributed by atoms with van der Waals surface area (Å²) in [4.78, 5) is 0. The van der Waals surface area contributed by atoms with Gasteiger partial charge in [-0.25, -0.2) is 4.39 Å². The standard InChI is InChI=1S/2C10H14.C9H11F.C9H12.2C7H11NO.CH4/c1-8(2)10-6-4-9(3)5-7-10;1-8(2)10-6-4-5-9(3)7-10;1-7(2)8-4-3-5-9(10)6-8;1-8(2)9-6-4-3-5-7-9;2*1-5(2)7-4-6(3)9-8-7;/h2*4-8H,1-3H3;3-7H,1-2H3;3-8H,1-2H3;2*4-5H,1-3H3;1H4. The van der Waals surface area contributed by atoms with Crippen molar-refractivity contribution < 1.29 is 13.4 Å². The van der Waals surface area contributed by atoms with Gasteiger partial charge in [0.05, 0.1) is 11.4 Å². The molecule has 0 bridgehead atoms. The second-order valence-electron chi connectivity index (χ2n) is 16.4. The zero-order valence-corrected chi connectivity index (χ0v) is 38.0. The van der Waals surface area contributed by atoms with Crippen LogP contribution < -0.4 is 0 Å². The molecule has 0 unspecified atom stereocenters. The molecular formula is C53H77FN2O2. The van der Waals surface area contributed by atoms with Gasteiger partial charge in [0, 0.05) is 12.1 Å². The Kier molecular flexibility index (Phi) is 26.2. The molecule has 0 N–H and O–H groups in total. The van der Waals surface area contributed by atoms with Crippen molar-refractivity contribution in [1.82, 2.24) is 10.3 Å². The molecule has 318 valence electrons. The monoisotopic (exact) mass is 793 g/mol. The lowest BCUT2D eigenvalue weighted by atomic mass is 10.0. The van der Waals surface area contributed by atoms with E-state index in [1.807, 2.05) is 38.1 Å². The second kappa shape index (κ2) is 28.6. The van der Waals surface area contributed by atoms with Gasteiger partial charge in [-0.1, -0.05) is 203 Å². The smallest absolute Gasteiger partial charge is 0.133 e. The van der Waals surface area contributed by atoms with Crippen LogP contribution in [0, 0.1) is 33.5 Å². The van der Waals surface area contributed by atoms with Crippen molar-refractivity contribution in [3.05, 3.63) is 177 Å². The highest BCUT2D eigenvalue weighted by Gasteiger charge is 2.04. The number of halogens is 1. The van der Waals surface area contributed by atoms with Gasteiger partial charge in [-0.2, -0.15) is 0 Å². The molecule has 0 fully saturated rings. The topological polar surface area (TPSA) is 52.1 Å². The molecule has 0 aliphatic carbocycles. The van der Waals surface area contributed by atoms with E-state index in [-0.39, 0.29) is 13.2 Å². The minimum absolute atomic E-state index is 0. The van der Waals surface area contributed by atoms with Crippen molar-refractivity contribution in [1.29, 1.82) is 0 Å². The third-order valence-corrected chi connectivity index (χ3v) is 8.91. The van der Waals surface area contributed by atoms with Crippen LogP contribution in [0.5, 0.6) is 0 Å². The molecule has 2 heterocycles. The van der Waals surface area contributed by atoms with Crippen LogP contribution in [0.25, 0.3) is 0 Å². The summed E-state index contributed by atoms with van der Waals surface area (Å²) >= 11 is 0. The largest absolute Gasteiger partial charge is 0.361 e. The maximum Gasteiger partial charge on any atom is 0.133 e. The molecule has 4 aromatic carbocycles. The van der Waals surface area contributed by atoms with Gasteiger partial charge < -0.3 is 9.05 Å². The van der Waals surface area contributed by atoms with E-state index < -0.39 is 0 Å². The Morgan fingerprint density at radius 2 is 0.759 bits per heavy atom. The Morgan fingerprint density at radius 1 is 0.379 bits per heavy atom. The van der Waals surface area contributed by atoms with E-state index >= 15 is 0 Å².